The first-order chi connectivity index (χ1) is 19.4. The molecule has 8 nitrogen and oxygen atoms in total. The Bertz CT molecular complexity index is 1270. The lowest BCUT2D eigenvalue weighted by Gasteiger charge is -2.37. The van der Waals surface area contributed by atoms with Crippen molar-refractivity contribution < 1.29 is 17.9 Å². The van der Waals surface area contributed by atoms with Gasteiger partial charge in [0.15, 0.2) is 27.2 Å². The Kier molecular flexibility index (Phi) is 8.30. The van der Waals surface area contributed by atoms with Gasteiger partial charge in [0, 0.05) is 75.1 Å². The first kappa shape index (κ1) is 27.5. The van der Waals surface area contributed by atoms with Gasteiger partial charge in [-0.2, -0.15) is 0 Å². The molecule has 4 aliphatic rings. The van der Waals surface area contributed by atoms with Gasteiger partial charge in [0.05, 0.1) is 18.1 Å². The summed E-state index contributed by atoms with van der Waals surface area (Å²) in [7, 11) is -2.89. The Labute approximate surface area is 238 Å². The number of ether oxygens (including phenoxy) is 1. The molecule has 40 heavy (non-hydrogen) atoms. The number of Topliss-reactive ketones (excluding diaryl/α,β-unsaturated/α-hetero) is 1. The summed E-state index contributed by atoms with van der Waals surface area (Å²) >= 11 is 0. The van der Waals surface area contributed by atoms with E-state index < -0.39 is 9.84 Å². The molecule has 1 aromatic heterocycles. The molecule has 1 saturated carbocycles. The molecular formula is C31H42N4O4S. The van der Waals surface area contributed by atoms with Crippen molar-refractivity contribution in [2.24, 2.45) is 11.8 Å². The van der Waals surface area contributed by atoms with E-state index in [1.54, 1.807) is 0 Å². The molecule has 9 heteroatoms. The molecule has 0 unspecified atom stereocenters. The number of piperazine rings is 1. The van der Waals surface area contributed by atoms with Gasteiger partial charge in [0.2, 0.25) is 0 Å². The van der Waals surface area contributed by atoms with Crippen LogP contribution in [0.2, 0.25) is 0 Å². The highest BCUT2D eigenvalue weighted by molar-refractivity contribution is 7.91. The number of aromatic nitrogens is 1. The Hall–Kier alpha value is -2.65. The SMILES string of the molecule is O=C(CC1CCC(CCN2CCN(c3nccc4c3OCC4)CC2)CC1)c1ccc(N2CCS(=O)(=O)CC2)cc1. The van der Waals surface area contributed by atoms with Crippen molar-refractivity contribution >= 4 is 27.1 Å². The number of rotatable bonds is 8. The van der Waals surface area contributed by atoms with Crippen molar-refractivity contribution in [3.05, 3.63) is 47.7 Å². The minimum absolute atomic E-state index is 0.205. The van der Waals surface area contributed by atoms with E-state index in [4.69, 9.17) is 4.74 Å². The van der Waals surface area contributed by atoms with Crippen LogP contribution in [0.1, 0.15) is 54.4 Å². The number of fused-ring (bicyclic) bond motifs is 1. The van der Waals surface area contributed by atoms with E-state index in [1.807, 2.05) is 30.5 Å². The Morgan fingerprint density at radius 3 is 2.30 bits per heavy atom. The predicted molar refractivity (Wildman–Crippen MR) is 158 cm³/mol. The van der Waals surface area contributed by atoms with Gasteiger partial charge in [0.1, 0.15) is 0 Å². The Balaban J connectivity index is 0.897. The zero-order valence-electron chi connectivity index (χ0n) is 23.5. The highest BCUT2D eigenvalue weighted by Crippen LogP contribution is 2.36. The van der Waals surface area contributed by atoms with Gasteiger partial charge in [-0.25, -0.2) is 13.4 Å². The molecule has 3 fully saturated rings. The minimum Gasteiger partial charge on any atom is -0.489 e. The fourth-order valence-electron chi connectivity index (χ4n) is 6.80. The van der Waals surface area contributed by atoms with Crippen molar-refractivity contribution in [2.75, 3.05) is 73.7 Å². The third kappa shape index (κ3) is 6.46. The minimum atomic E-state index is -2.89. The molecule has 1 aliphatic carbocycles. The van der Waals surface area contributed by atoms with Crippen LogP contribution in [0.5, 0.6) is 5.75 Å². The number of anilines is 2. The van der Waals surface area contributed by atoms with Crippen LogP contribution in [0.4, 0.5) is 11.5 Å². The van der Waals surface area contributed by atoms with Crippen LogP contribution >= 0.6 is 0 Å². The lowest BCUT2D eigenvalue weighted by atomic mass is 9.78. The summed E-state index contributed by atoms with van der Waals surface area (Å²) in [6.07, 6.45) is 9.55. The summed E-state index contributed by atoms with van der Waals surface area (Å²) in [6, 6.07) is 9.86. The first-order valence-corrected chi connectivity index (χ1v) is 16.9. The van der Waals surface area contributed by atoms with E-state index in [0.29, 0.717) is 25.4 Å². The average Bonchev–Trinajstić information content (AvgIpc) is 3.47. The molecule has 216 valence electrons. The number of ketones is 1. The van der Waals surface area contributed by atoms with E-state index >= 15 is 0 Å². The largest absolute Gasteiger partial charge is 0.489 e. The molecule has 0 atom stereocenters. The molecule has 0 amide bonds. The fraction of sp³-hybridized carbons (Fsp3) is 0.613. The Morgan fingerprint density at radius 1 is 0.875 bits per heavy atom. The molecule has 1 aromatic carbocycles. The van der Waals surface area contributed by atoms with E-state index in [-0.39, 0.29) is 17.3 Å². The van der Waals surface area contributed by atoms with Gasteiger partial charge < -0.3 is 14.5 Å². The normalized spacial score (nSPS) is 24.9. The van der Waals surface area contributed by atoms with Crippen LogP contribution in [-0.4, -0.2) is 88.0 Å². The molecule has 6 rings (SSSR count). The first-order valence-electron chi connectivity index (χ1n) is 15.1. The third-order valence-electron chi connectivity index (χ3n) is 9.45. The lowest BCUT2D eigenvalue weighted by Crippen LogP contribution is -2.47. The van der Waals surface area contributed by atoms with Crippen LogP contribution in [0.3, 0.4) is 0 Å². The summed E-state index contributed by atoms with van der Waals surface area (Å²) in [5, 5.41) is 0. The Morgan fingerprint density at radius 2 is 1.57 bits per heavy atom. The van der Waals surface area contributed by atoms with Crippen LogP contribution in [0.15, 0.2) is 36.5 Å². The van der Waals surface area contributed by atoms with Crippen LogP contribution in [0.25, 0.3) is 0 Å². The highest BCUT2D eigenvalue weighted by atomic mass is 32.2. The standard InChI is InChI=1S/C31H42N4O4S/c36-29(26-5-7-28(8-6-26)34-18-21-40(37,38)22-19-34)23-25-3-1-24(2-4-25)10-13-33-14-16-35(17-15-33)31-30-27(9-12-32-31)11-20-39-30/h5-9,12,24-25H,1-4,10-11,13-23H2. The molecule has 0 bridgehead atoms. The van der Waals surface area contributed by atoms with E-state index in [0.717, 1.165) is 87.3 Å². The monoisotopic (exact) mass is 566 g/mol. The summed E-state index contributed by atoms with van der Waals surface area (Å²) in [4.78, 5) is 24.7. The maximum Gasteiger partial charge on any atom is 0.171 e. The number of pyridine rings is 1. The fourth-order valence-corrected chi connectivity index (χ4v) is 8.00. The van der Waals surface area contributed by atoms with E-state index in [1.165, 1.54) is 24.8 Å². The van der Waals surface area contributed by atoms with Crippen LogP contribution < -0.4 is 14.5 Å². The number of sulfone groups is 1. The number of hydrogen-bond donors (Lipinski definition) is 0. The van der Waals surface area contributed by atoms with Gasteiger partial charge in [0.25, 0.3) is 0 Å². The molecule has 2 saturated heterocycles. The number of hydrogen-bond acceptors (Lipinski definition) is 8. The van der Waals surface area contributed by atoms with Crippen LogP contribution in [0, 0.1) is 11.8 Å². The number of carbonyl (C=O) groups excluding carboxylic acids is 1. The second-order valence-electron chi connectivity index (χ2n) is 12.0. The average molecular weight is 567 g/mol. The van der Waals surface area contributed by atoms with Gasteiger partial charge >= 0.3 is 0 Å². The van der Waals surface area contributed by atoms with Crippen LogP contribution in [-0.2, 0) is 16.3 Å². The molecule has 3 aliphatic heterocycles. The van der Waals surface area contributed by atoms with E-state index in [2.05, 4.69) is 25.8 Å². The quantitative estimate of drug-likeness (QED) is 0.446. The second-order valence-corrected chi connectivity index (χ2v) is 14.3. The van der Waals surface area contributed by atoms with Crippen molar-refractivity contribution in [3.8, 4) is 5.75 Å². The topological polar surface area (TPSA) is 83.1 Å². The number of benzene rings is 1. The molecule has 4 heterocycles. The third-order valence-corrected chi connectivity index (χ3v) is 11.1. The van der Waals surface area contributed by atoms with Crippen molar-refractivity contribution in [1.29, 1.82) is 0 Å². The van der Waals surface area contributed by atoms with Gasteiger partial charge in [-0.1, -0.05) is 12.8 Å². The molecular weight excluding hydrogens is 524 g/mol. The van der Waals surface area contributed by atoms with Crippen molar-refractivity contribution in [2.45, 2.75) is 44.9 Å². The maximum absolute atomic E-state index is 13.0. The molecule has 2 aromatic rings. The summed E-state index contributed by atoms with van der Waals surface area (Å²) in [6.45, 7) is 7.14. The predicted octanol–water partition coefficient (Wildman–Crippen LogP) is 3.84. The maximum atomic E-state index is 13.0. The molecule has 0 radical (unpaired) electrons. The lowest BCUT2D eigenvalue weighted by molar-refractivity contribution is 0.0940. The number of nitrogens with zero attached hydrogens (tertiary/aromatic N) is 4. The zero-order valence-corrected chi connectivity index (χ0v) is 24.3. The molecule has 0 N–H and O–H groups in total. The van der Waals surface area contributed by atoms with Crippen molar-refractivity contribution in [3.63, 3.8) is 0 Å². The van der Waals surface area contributed by atoms with Gasteiger partial charge in [-0.15, -0.1) is 0 Å². The summed E-state index contributed by atoms with van der Waals surface area (Å²) < 4.78 is 29.3. The van der Waals surface area contributed by atoms with Gasteiger partial charge in [-0.3, -0.25) is 9.69 Å². The second kappa shape index (κ2) is 12.1. The zero-order chi connectivity index (χ0) is 27.5. The smallest absolute Gasteiger partial charge is 0.171 e. The van der Waals surface area contributed by atoms with E-state index in [9.17, 15) is 13.2 Å². The highest BCUT2D eigenvalue weighted by Gasteiger charge is 2.27. The molecule has 0 spiro atoms. The summed E-state index contributed by atoms with van der Waals surface area (Å²) in [5.74, 6) is 3.93. The van der Waals surface area contributed by atoms with Crippen molar-refractivity contribution in [1.82, 2.24) is 9.88 Å². The summed E-state index contributed by atoms with van der Waals surface area (Å²) in [5.41, 5.74) is 3.07. The number of carbonyl (C=O) groups is 1. The van der Waals surface area contributed by atoms with Gasteiger partial charge in [-0.05, 0) is 68.0 Å².